The molecule has 1 aliphatic rings. The molecule has 0 saturated carbocycles. The zero-order chi connectivity index (χ0) is 14.8. The smallest absolute Gasteiger partial charge is 0.123 e. The first-order valence-electron chi connectivity index (χ1n) is 7.31. The number of nitrogens with zero attached hydrogens (tertiary/aromatic N) is 1. The van der Waals surface area contributed by atoms with Gasteiger partial charge >= 0.3 is 0 Å². The highest BCUT2D eigenvalue weighted by Gasteiger charge is 2.25. The van der Waals surface area contributed by atoms with E-state index < -0.39 is 0 Å². The molecule has 0 bridgehead atoms. The van der Waals surface area contributed by atoms with E-state index in [1.807, 2.05) is 12.1 Å². The fourth-order valence-corrected chi connectivity index (χ4v) is 2.83. The molecule has 3 heteroatoms. The lowest BCUT2D eigenvalue weighted by Crippen LogP contribution is -2.38. The van der Waals surface area contributed by atoms with Gasteiger partial charge in [0.2, 0.25) is 0 Å². The van der Waals surface area contributed by atoms with Crippen molar-refractivity contribution in [1.29, 1.82) is 0 Å². The molecule has 1 unspecified atom stereocenters. The highest BCUT2D eigenvalue weighted by Crippen LogP contribution is 2.32. The molecule has 0 spiro atoms. The lowest BCUT2D eigenvalue weighted by Gasteiger charge is -2.36. The van der Waals surface area contributed by atoms with Crippen molar-refractivity contribution in [2.24, 2.45) is 11.1 Å². The number of hydrogen-bond donors (Lipinski definition) is 1. The number of nitrogens with two attached hydrogens (primary N) is 1. The van der Waals surface area contributed by atoms with Crippen molar-refractivity contribution >= 4 is 0 Å². The zero-order valence-corrected chi connectivity index (χ0v) is 12.7. The maximum atomic E-state index is 13.0. The Morgan fingerprint density at radius 3 is 2.35 bits per heavy atom. The number of benzene rings is 1. The summed E-state index contributed by atoms with van der Waals surface area (Å²) in [4.78, 5) is 2.38. The van der Waals surface area contributed by atoms with Gasteiger partial charge in [0.25, 0.3) is 0 Å². The molecule has 0 aromatic heterocycles. The minimum atomic E-state index is -0.196. The fraction of sp³-hybridized carbons (Fsp3) is 0.529. The molecule has 1 aromatic rings. The Balaban J connectivity index is 2.11. The lowest BCUT2D eigenvalue weighted by atomic mass is 9.82. The van der Waals surface area contributed by atoms with Crippen molar-refractivity contribution in [3.05, 3.63) is 47.3 Å². The van der Waals surface area contributed by atoms with E-state index in [4.69, 9.17) is 5.73 Å². The summed E-state index contributed by atoms with van der Waals surface area (Å²) in [6, 6.07) is 6.89. The SMILES string of the molecule is CC(C)(C)C1=CCN(C(CN)c2ccc(F)cc2)CC1. The van der Waals surface area contributed by atoms with Crippen molar-refractivity contribution < 1.29 is 4.39 Å². The van der Waals surface area contributed by atoms with Crippen LogP contribution in [0.25, 0.3) is 0 Å². The van der Waals surface area contributed by atoms with Crippen LogP contribution in [0, 0.1) is 11.2 Å². The van der Waals surface area contributed by atoms with Gasteiger partial charge in [-0.15, -0.1) is 0 Å². The minimum absolute atomic E-state index is 0.174. The molecule has 1 aromatic carbocycles. The molecule has 0 fully saturated rings. The lowest BCUT2D eigenvalue weighted by molar-refractivity contribution is 0.209. The van der Waals surface area contributed by atoms with Crippen molar-refractivity contribution in [3.8, 4) is 0 Å². The van der Waals surface area contributed by atoms with E-state index in [0.717, 1.165) is 25.1 Å². The predicted octanol–water partition coefficient (Wildman–Crippen LogP) is 3.50. The third-order valence-electron chi connectivity index (χ3n) is 4.12. The Bertz CT molecular complexity index is 471. The van der Waals surface area contributed by atoms with E-state index in [2.05, 4.69) is 31.7 Å². The summed E-state index contributed by atoms with van der Waals surface area (Å²) in [7, 11) is 0. The van der Waals surface area contributed by atoms with Gasteiger partial charge in [-0.25, -0.2) is 4.39 Å². The monoisotopic (exact) mass is 276 g/mol. The van der Waals surface area contributed by atoms with E-state index in [9.17, 15) is 4.39 Å². The van der Waals surface area contributed by atoms with Crippen molar-refractivity contribution in [3.63, 3.8) is 0 Å². The van der Waals surface area contributed by atoms with Crippen LogP contribution < -0.4 is 5.73 Å². The molecular formula is C17H25FN2. The van der Waals surface area contributed by atoms with E-state index in [1.165, 1.54) is 17.7 Å². The summed E-state index contributed by atoms with van der Waals surface area (Å²) in [5.74, 6) is -0.196. The Hall–Kier alpha value is -1.19. The maximum absolute atomic E-state index is 13.0. The average Bonchev–Trinajstić information content (AvgIpc) is 2.41. The molecule has 2 nitrogen and oxygen atoms in total. The number of halogens is 1. The normalized spacial score (nSPS) is 18.8. The molecular weight excluding hydrogens is 251 g/mol. The zero-order valence-electron chi connectivity index (χ0n) is 12.7. The third-order valence-corrected chi connectivity index (χ3v) is 4.12. The summed E-state index contributed by atoms with van der Waals surface area (Å²) in [5.41, 5.74) is 8.80. The van der Waals surface area contributed by atoms with Crippen molar-refractivity contribution in [1.82, 2.24) is 4.90 Å². The highest BCUT2D eigenvalue weighted by atomic mass is 19.1. The van der Waals surface area contributed by atoms with Gasteiger partial charge in [-0.2, -0.15) is 0 Å². The quantitative estimate of drug-likeness (QED) is 0.856. The largest absolute Gasteiger partial charge is 0.329 e. The maximum Gasteiger partial charge on any atom is 0.123 e. The van der Waals surface area contributed by atoms with E-state index in [0.29, 0.717) is 6.54 Å². The van der Waals surface area contributed by atoms with Crippen LogP contribution in [0.5, 0.6) is 0 Å². The van der Waals surface area contributed by atoms with Crippen LogP contribution in [-0.2, 0) is 0 Å². The van der Waals surface area contributed by atoms with Crippen molar-refractivity contribution in [2.45, 2.75) is 33.2 Å². The summed E-state index contributed by atoms with van der Waals surface area (Å²) < 4.78 is 13.0. The molecule has 20 heavy (non-hydrogen) atoms. The Morgan fingerprint density at radius 2 is 1.90 bits per heavy atom. The second-order valence-electron chi connectivity index (χ2n) is 6.53. The average molecular weight is 276 g/mol. The molecule has 110 valence electrons. The van der Waals surface area contributed by atoms with Gasteiger partial charge in [-0.3, -0.25) is 4.90 Å². The van der Waals surface area contributed by atoms with Crippen molar-refractivity contribution in [2.75, 3.05) is 19.6 Å². The van der Waals surface area contributed by atoms with Crippen LogP contribution in [0.3, 0.4) is 0 Å². The summed E-state index contributed by atoms with van der Waals surface area (Å²) in [6.07, 6.45) is 3.41. The predicted molar refractivity (Wildman–Crippen MR) is 81.9 cm³/mol. The van der Waals surface area contributed by atoms with Gasteiger partial charge in [0.1, 0.15) is 5.82 Å². The molecule has 0 radical (unpaired) electrons. The standard InChI is InChI=1S/C17H25FN2/c1-17(2,3)14-8-10-20(11-9-14)16(12-19)13-4-6-15(18)7-5-13/h4-8,16H,9-12,19H2,1-3H3. The first kappa shape index (κ1) is 15.2. The summed E-state index contributed by atoms with van der Waals surface area (Å²) in [6.45, 7) is 9.27. The van der Waals surface area contributed by atoms with Gasteiger partial charge in [0.05, 0.1) is 0 Å². The molecule has 0 amide bonds. The van der Waals surface area contributed by atoms with E-state index in [-0.39, 0.29) is 17.3 Å². The Kier molecular flexibility index (Phi) is 4.61. The van der Waals surface area contributed by atoms with Gasteiger partial charge in [0, 0.05) is 25.7 Å². The van der Waals surface area contributed by atoms with Gasteiger partial charge in [-0.05, 0) is 29.5 Å². The van der Waals surface area contributed by atoms with Crippen LogP contribution in [0.2, 0.25) is 0 Å². The van der Waals surface area contributed by atoms with Crippen LogP contribution in [0.4, 0.5) is 4.39 Å². The minimum Gasteiger partial charge on any atom is -0.329 e. The Labute approximate surface area is 121 Å². The van der Waals surface area contributed by atoms with Crippen LogP contribution in [-0.4, -0.2) is 24.5 Å². The molecule has 1 aliphatic heterocycles. The molecule has 2 N–H and O–H groups in total. The Morgan fingerprint density at radius 1 is 1.25 bits per heavy atom. The topological polar surface area (TPSA) is 29.3 Å². The van der Waals surface area contributed by atoms with E-state index in [1.54, 1.807) is 0 Å². The van der Waals surface area contributed by atoms with Crippen LogP contribution in [0.15, 0.2) is 35.9 Å². The first-order chi connectivity index (χ1) is 9.41. The third kappa shape index (κ3) is 3.47. The second-order valence-corrected chi connectivity index (χ2v) is 6.53. The summed E-state index contributed by atoms with van der Waals surface area (Å²) in [5, 5.41) is 0. The number of rotatable bonds is 3. The first-order valence-corrected chi connectivity index (χ1v) is 7.31. The van der Waals surface area contributed by atoms with Gasteiger partial charge < -0.3 is 5.73 Å². The van der Waals surface area contributed by atoms with Gasteiger partial charge in [0.15, 0.2) is 0 Å². The van der Waals surface area contributed by atoms with Crippen LogP contribution >= 0.6 is 0 Å². The van der Waals surface area contributed by atoms with Gasteiger partial charge in [-0.1, -0.05) is 44.6 Å². The second kappa shape index (κ2) is 6.06. The molecule has 2 rings (SSSR count). The van der Waals surface area contributed by atoms with Crippen LogP contribution in [0.1, 0.15) is 38.8 Å². The number of hydrogen-bond acceptors (Lipinski definition) is 2. The molecule has 0 saturated heterocycles. The summed E-state index contributed by atoms with van der Waals surface area (Å²) >= 11 is 0. The molecule has 0 aliphatic carbocycles. The molecule has 1 heterocycles. The molecule has 1 atom stereocenters. The van der Waals surface area contributed by atoms with E-state index >= 15 is 0 Å². The highest BCUT2D eigenvalue weighted by molar-refractivity contribution is 5.22. The fourth-order valence-electron chi connectivity index (χ4n) is 2.83.